The first kappa shape index (κ1) is 17.4. The maximum absolute atomic E-state index is 12.2. The third-order valence-corrected chi connectivity index (χ3v) is 5.06. The smallest absolute Gasteiger partial charge is 0.230 e. The molecule has 0 bridgehead atoms. The van der Waals surface area contributed by atoms with Crippen LogP contribution in [0.15, 0.2) is 64.3 Å². The number of thioether (sulfide) groups is 1. The van der Waals surface area contributed by atoms with E-state index in [1.165, 1.54) is 18.1 Å². The molecule has 2 aromatic heterocycles. The van der Waals surface area contributed by atoms with Crippen molar-refractivity contribution < 1.29 is 13.9 Å². The summed E-state index contributed by atoms with van der Waals surface area (Å²) in [5, 5.41) is 4.51. The number of methoxy groups -OCH3 is 1. The van der Waals surface area contributed by atoms with Gasteiger partial charge in [-0.05, 0) is 29.8 Å². The van der Waals surface area contributed by atoms with Crippen molar-refractivity contribution in [1.29, 1.82) is 0 Å². The lowest BCUT2D eigenvalue weighted by atomic mass is 10.2. The van der Waals surface area contributed by atoms with Crippen LogP contribution in [0.2, 0.25) is 0 Å². The van der Waals surface area contributed by atoms with Gasteiger partial charge in [-0.15, -0.1) is 0 Å². The Kier molecular flexibility index (Phi) is 4.93. The number of ether oxygens (including phenoxy) is 1. The predicted molar refractivity (Wildman–Crippen MR) is 105 cm³/mol. The molecule has 0 radical (unpaired) electrons. The fourth-order valence-corrected chi connectivity index (χ4v) is 3.53. The van der Waals surface area contributed by atoms with Gasteiger partial charge >= 0.3 is 0 Å². The summed E-state index contributed by atoms with van der Waals surface area (Å²) < 4.78 is 11.1. The number of carbonyl (C=O) groups excluding carboxylic acids is 1. The zero-order valence-corrected chi connectivity index (χ0v) is 15.5. The van der Waals surface area contributed by atoms with Gasteiger partial charge in [0.05, 0.1) is 12.9 Å². The van der Waals surface area contributed by atoms with Gasteiger partial charge in [-0.3, -0.25) is 4.79 Å². The van der Waals surface area contributed by atoms with Crippen molar-refractivity contribution in [2.75, 3.05) is 12.9 Å². The highest BCUT2D eigenvalue weighted by atomic mass is 32.2. The largest absolute Gasteiger partial charge is 0.497 e. The number of nitrogens with one attached hydrogen (secondary N) is 1. The van der Waals surface area contributed by atoms with E-state index in [0.717, 1.165) is 27.8 Å². The molecule has 0 aliphatic heterocycles. The van der Waals surface area contributed by atoms with Crippen LogP contribution in [0.3, 0.4) is 0 Å². The molecule has 0 saturated heterocycles. The summed E-state index contributed by atoms with van der Waals surface area (Å²) in [4.78, 5) is 20.8. The Morgan fingerprint density at radius 1 is 1.19 bits per heavy atom. The molecule has 27 heavy (non-hydrogen) atoms. The summed E-state index contributed by atoms with van der Waals surface area (Å²) >= 11 is 1.33. The van der Waals surface area contributed by atoms with Crippen LogP contribution in [-0.2, 0) is 11.3 Å². The van der Waals surface area contributed by atoms with Gasteiger partial charge in [-0.2, -0.15) is 0 Å². The molecule has 1 N–H and O–H groups in total. The van der Waals surface area contributed by atoms with E-state index in [4.69, 9.17) is 9.15 Å². The van der Waals surface area contributed by atoms with Crippen LogP contribution in [0.5, 0.6) is 5.75 Å². The van der Waals surface area contributed by atoms with E-state index in [-0.39, 0.29) is 11.7 Å². The van der Waals surface area contributed by atoms with Crippen LogP contribution in [0.1, 0.15) is 5.56 Å². The molecule has 1 amide bonds. The van der Waals surface area contributed by atoms with Gasteiger partial charge in [0.1, 0.15) is 28.2 Å². The van der Waals surface area contributed by atoms with E-state index < -0.39 is 0 Å². The molecule has 2 heterocycles. The number of furan rings is 1. The number of hydrogen-bond donors (Lipinski definition) is 1. The average Bonchev–Trinajstić information content (AvgIpc) is 3.10. The van der Waals surface area contributed by atoms with Gasteiger partial charge in [0.2, 0.25) is 5.91 Å². The second kappa shape index (κ2) is 7.67. The normalized spacial score (nSPS) is 11.0. The molecule has 0 atom stereocenters. The summed E-state index contributed by atoms with van der Waals surface area (Å²) in [6.45, 7) is 0.445. The molecule has 0 fully saturated rings. The minimum absolute atomic E-state index is 0.0781. The number of fused-ring (bicyclic) bond motifs is 3. The lowest BCUT2D eigenvalue weighted by Gasteiger charge is -2.07. The van der Waals surface area contributed by atoms with Crippen molar-refractivity contribution in [3.8, 4) is 5.75 Å². The van der Waals surface area contributed by atoms with Crippen LogP contribution < -0.4 is 10.1 Å². The lowest BCUT2D eigenvalue weighted by molar-refractivity contribution is -0.118. The Balaban J connectivity index is 1.43. The van der Waals surface area contributed by atoms with Crippen molar-refractivity contribution in [3.05, 3.63) is 60.4 Å². The van der Waals surface area contributed by atoms with Gasteiger partial charge in [0.25, 0.3) is 0 Å². The standard InChI is InChI=1S/C20H17N3O3S/c1-25-14-6-4-5-13(9-14)10-21-17(24)11-27-20-19-18(22-12-23-20)15-7-2-3-8-16(15)26-19/h2-9,12H,10-11H2,1H3,(H,21,24). The second-order valence-corrected chi connectivity index (χ2v) is 6.84. The monoisotopic (exact) mass is 379 g/mol. The lowest BCUT2D eigenvalue weighted by Crippen LogP contribution is -2.24. The highest BCUT2D eigenvalue weighted by molar-refractivity contribution is 8.00. The Hall–Kier alpha value is -3.06. The van der Waals surface area contributed by atoms with Crippen molar-refractivity contribution in [2.24, 2.45) is 0 Å². The molecule has 0 aliphatic carbocycles. The summed E-state index contributed by atoms with van der Waals surface area (Å²) in [5.41, 5.74) is 3.12. The summed E-state index contributed by atoms with van der Waals surface area (Å²) in [6.07, 6.45) is 1.50. The third-order valence-electron chi connectivity index (χ3n) is 4.09. The van der Waals surface area contributed by atoms with E-state index in [1.807, 2.05) is 48.5 Å². The van der Waals surface area contributed by atoms with Crippen molar-refractivity contribution in [3.63, 3.8) is 0 Å². The minimum atomic E-state index is -0.0781. The second-order valence-electron chi connectivity index (χ2n) is 5.87. The molecule has 0 aliphatic rings. The maximum Gasteiger partial charge on any atom is 0.230 e. The molecule has 6 nitrogen and oxygen atoms in total. The predicted octanol–water partition coefficient (Wildman–Crippen LogP) is 3.79. The summed E-state index contributed by atoms with van der Waals surface area (Å²) in [5.74, 6) is 0.933. The number of rotatable bonds is 6. The molecule has 2 aromatic carbocycles. The first-order valence-corrected chi connectivity index (χ1v) is 9.38. The van der Waals surface area contributed by atoms with Crippen molar-refractivity contribution >= 4 is 39.7 Å². The van der Waals surface area contributed by atoms with E-state index in [1.54, 1.807) is 7.11 Å². The van der Waals surface area contributed by atoms with Gasteiger partial charge in [0.15, 0.2) is 5.58 Å². The van der Waals surface area contributed by atoms with Crippen molar-refractivity contribution in [1.82, 2.24) is 15.3 Å². The Bertz CT molecular complexity index is 1110. The number of nitrogens with zero attached hydrogens (tertiary/aromatic N) is 2. The quantitative estimate of drug-likeness (QED) is 0.406. The Morgan fingerprint density at radius 3 is 2.96 bits per heavy atom. The number of aromatic nitrogens is 2. The first-order chi connectivity index (χ1) is 13.2. The van der Waals surface area contributed by atoms with Crippen LogP contribution in [-0.4, -0.2) is 28.7 Å². The highest BCUT2D eigenvalue weighted by Gasteiger charge is 2.14. The molecular weight excluding hydrogens is 362 g/mol. The minimum Gasteiger partial charge on any atom is -0.497 e. The van der Waals surface area contributed by atoms with Crippen LogP contribution in [0, 0.1) is 0 Å². The van der Waals surface area contributed by atoms with E-state index >= 15 is 0 Å². The molecule has 7 heteroatoms. The van der Waals surface area contributed by atoms with Gasteiger partial charge in [0, 0.05) is 11.9 Å². The molecule has 4 rings (SSSR count). The van der Waals surface area contributed by atoms with E-state index in [0.29, 0.717) is 17.2 Å². The maximum atomic E-state index is 12.2. The molecular formula is C20H17N3O3S. The number of hydrogen-bond acceptors (Lipinski definition) is 6. The van der Waals surface area contributed by atoms with E-state index in [9.17, 15) is 4.79 Å². The van der Waals surface area contributed by atoms with Crippen LogP contribution >= 0.6 is 11.8 Å². The Morgan fingerprint density at radius 2 is 2.07 bits per heavy atom. The van der Waals surface area contributed by atoms with Gasteiger partial charge < -0.3 is 14.5 Å². The highest BCUT2D eigenvalue weighted by Crippen LogP contribution is 2.32. The summed E-state index contributed by atoms with van der Waals surface area (Å²) in [7, 11) is 1.62. The SMILES string of the molecule is COc1cccc(CNC(=O)CSc2ncnc3c2oc2ccccc23)c1. The van der Waals surface area contributed by atoms with E-state index in [2.05, 4.69) is 15.3 Å². The zero-order valence-electron chi connectivity index (χ0n) is 14.6. The zero-order chi connectivity index (χ0) is 18.6. The molecule has 4 aromatic rings. The van der Waals surface area contributed by atoms with Crippen LogP contribution in [0.4, 0.5) is 0 Å². The fourth-order valence-electron chi connectivity index (χ4n) is 2.77. The number of amides is 1. The van der Waals surface area contributed by atoms with Gasteiger partial charge in [-0.25, -0.2) is 9.97 Å². The third kappa shape index (κ3) is 3.73. The number of para-hydroxylation sites is 1. The van der Waals surface area contributed by atoms with Crippen molar-refractivity contribution in [2.45, 2.75) is 11.6 Å². The molecule has 0 spiro atoms. The van der Waals surface area contributed by atoms with Gasteiger partial charge in [-0.1, -0.05) is 36.0 Å². The molecule has 136 valence electrons. The fraction of sp³-hybridized carbons (Fsp3) is 0.150. The number of carbonyl (C=O) groups is 1. The first-order valence-electron chi connectivity index (χ1n) is 8.39. The summed E-state index contributed by atoms with van der Waals surface area (Å²) in [6, 6.07) is 15.3. The average molecular weight is 379 g/mol. The molecule has 0 saturated carbocycles. The molecule has 0 unspecified atom stereocenters. The number of benzene rings is 2. The Labute approximate surface area is 159 Å². The topological polar surface area (TPSA) is 77.2 Å². The van der Waals surface area contributed by atoms with Crippen LogP contribution in [0.25, 0.3) is 22.1 Å².